The van der Waals surface area contributed by atoms with Crippen LogP contribution in [0.5, 0.6) is 0 Å². The second kappa shape index (κ2) is 5.11. The summed E-state index contributed by atoms with van der Waals surface area (Å²) in [5, 5.41) is 0.952. The maximum Gasteiger partial charge on any atom is 0.157 e. The first-order chi connectivity index (χ1) is 9.11. The molecule has 2 heterocycles. The van der Waals surface area contributed by atoms with E-state index in [0.29, 0.717) is 0 Å². The number of rotatable bonds is 2. The van der Waals surface area contributed by atoms with E-state index >= 15 is 0 Å². The Hall–Kier alpha value is -1.11. The van der Waals surface area contributed by atoms with E-state index in [2.05, 4.69) is 38.9 Å². The maximum absolute atomic E-state index is 5.78. The highest BCUT2D eigenvalue weighted by molar-refractivity contribution is 9.10. The van der Waals surface area contributed by atoms with Crippen LogP contribution in [0.2, 0.25) is 0 Å². The second-order valence-electron chi connectivity index (χ2n) is 4.08. The lowest BCUT2D eigenvalue weighted by molar-refractivity contribution is 1.09. The molecule has 0 spiro atoms. The Balaban J connectivity index is 1.94. The summed E-state index contributed by atoms with van der Waals surface area (Å²) in [6, 6.07) is 7.83. The number of pyridine rings is 1. The first kappa shape index (κ1) is 12.9. The number of nitrogens with two attached hydrogens (primary N) is 1. The Labute approximate surface area is 127 Å². The number of fused-ring (bicyclic) bond motifs is 1. The molecule has 0 aliphatic carbocycles. The molecule has 3 aromatic rings. The van der Waals surface area contributed by atoms with Gasteiger partial charge in [0.2, 0.25) is 0 Å². The van der Waals surface area contributed by atoms with Crippen LogP contribution in [0.3, 0.4) is 0 Å². The van der Waals surface area contributed by atoms with Gasteiger partial charge in [-0.3, -0.25) is 0 Å². The van der Waals surface area contributed by atoms with Crippen LogP contribution >= 0.6 is 39.0 Å². The predicted octanol–water partition coefficient (Wildman–Crippen LogP) is 4.50. The Bertz CT molecular complexity index is 755. The summed E-state index contributed by atoms with van der Waals surface area (Å²) in [5.41, 5.74) is 8.70. The molecule has 0 saturated carbocycles. The largest absolute Gasteiger partial charge is 0.399 e. The molecule has 0 amide bonds. The van der Waals surface area contributed by atoms with Crippen LogP contribution in [0.1, 0.15) is 5.56 Å². The van der Waals surface area contributed by atoms with E-state index in [1.54, 1.807) is 23.1 Å². The van der Waals surface area contributed by atoms with Crippen molar-refractivity contribution >= 4 is 54.9 Å². The zero-order valence-corrected chi connectivity index (χ0v) is 13.3. The van der Waals surface area contributed by atoms with Crippen molar-refractivity contribution in [1.29, 1.82) is 0 Å². The van der Waals surface area contributed by atoms with Crippen molar-refractivity contribution in [2.24, 2.45) is 0 Å². The van der Waals surface area contributed by atoms with Crippen molar-refractivity contribution in [2.75, 3.05) is 5.73 Å². The lowest BCUT2D eigenvalue weighted by Crippen LogP contribution is -1.83. The van der Waals surface area contributed by atoms with Gasteiger partial charge in [-0.05, 0) is 64.4 Å². The van der Waals surface area contributed by atoms with Crippen LogP contribution in [0.15, 0.2) is 44.3 Å². The fraction of sp³-hybridized carbons (Fsp3) is 0.0769. The van der Waals surface area contributed by atoms with Crippen LogP contribution in [0, 0.1) is 6.92 Å². The summed E-state index contributed by atoms with van der Waals surface area (Å²) < 4.78 is 3.11. The highest BCUT2D eigenvalue weighted by atomic mass is 79.9. The Morgan fingerprint density at radius 1 is 1.32 bits per heavy atom. The molecule has 0 aliphatic rings. The Kier molecular flexibility index (Phi) is 3.47. The molecule has 2 aromatic heterocycles. The van der Waals surface area contributed by atoms with Crippen molar-refractivity contribution in [1.82, 2.24) is 9.97 Å². The van der Waals surface area contributed by atoms with Gasteiger partial charge in [-0.2, -0.15) is 0 Å². The van der Waals surface area contributed by atoms with Gasteiger partial charge in [-0.1, -0.05) is 0 Å². The smallest absolute Gasteiger partial charge is 0.157 e. The summed E-state index contributed by atoms with van der Waals surface area (Å²) >= 11 is 6.67. The van der Waals surface area contributed by atoms with Gasteiger partial charge >= 0.3 is 0 Å². The van der Waals surface area contributed by atoms with Crippen molar-refractivity contribution in [2.45, 2.75) is 16.3 Å². The zero-order chi connectivity index (χ0) is 13.4. The number of hydrogen-bond donors (Lipinski definition) is 1. The van der Waals surface area contributed by atoms with Gasteiger partial charge in [0.15, 0.2) is 4.34 Å². The molecule has 0 radical (unpaired) electrons. The number of nitrogens with zero attached hydrogens (tertiary/aromatic N) is 2. The van der Waals surface area contributed by atoms with E-state index in [1.807, 2.05) is 24.4 Å². The van der Waals surface area contributed by atoms with Crippen molar-refractivity contribution in [3.8, 4) is 0 Å². The quantitative estimate of drug-likeness (QED) is 0.690. The molecule has 0 saturated heterocycles. The van der Waals surface area contributed by atoms with Crippen molar-refractivity contribution in [3.05, 3.63) is 40.5 Å². The topological polar surface area (TPSA) is 51.8 Å². The third-order valence-electron chi connectivity index (χ3n) is 2.61. The third kappa shape index (κ3) is 2.75. The minimum Gasteiger partial charge on any atom is -0.399 e. The number of halogens is 1. The predicted molar refractivity (Wildman–Crippen MR) is 84.8 cm³/mol. The zero-order valence-electron chi connectivity index (χ0n) is 10.1. The van der Waals surface area contributed by atoms with Gasteiger partial charge in [0.25, 0.3) is 0 Å². The molecule has 0 bridgehead atoms. The Morgan fingerprint density at radius 2 is 2.16 bits per heavy atom. The number of aryl methyl sites for hydroxylation is 1. The first-order valence-corrected chi connectivity index (χ1v) is 8.00. The number of aromatic nitrogens is 2. The van der Waals surface area contributed by atoms with Crippen LogP contribution in [0.25, 0.3) is 10.2 Å². The molecule has 3 nitrogen and oxygen atoms in total. The number of nitrogen functional groups attached to an aromatic ring is 1. The summed E-state index contributed by atoms with van der Waals surface area (Å²) in [4.78, 5) is 8.96. The molecule has 2 N–H and O–H groups in total. The highest BCUT2D eigenvalue weighted by Gasteiger charge is 2.07. The number of anilines is 1. The van der Waals surface area contributed by atoms with Gasteiger partial charge in [-0.15, -0.1) is 11.3 Å². The maximum atomic E-state index is 5.78. The van der Waals surface area contributed by atoms with E-state index in [4.69, 9.17) is 5.73 Å². The summed E-state index contributed by atoms with van der Waals surface area (Å²) in [7, 11) is 0. The molecule has 1 aromatic carbocycles. The van der Waals surface area contributed by atoms with Gasteiger partial charge in [-0.25, -0.2) is 9.97 Å². The normalized spacial score (nSPS) is 11.1. The molecule has 0 atom stereocenters. The second-order valence-corrected chi connectivity index (χ2v) is 7.23. The Morgan fingerprint density at radius 3 is 2.95 bits per heavy atom. The van der Waals surface area contributed by atoms with Crippen LogP contribution in [-0.2, 0) is 0 Å². The van der Waals surface area contributed by atoms with Crippen molar-refractivity contribution in [3.63, 3.8) is 0 Å². The van der Waals surface area contributed by atoms with Gasteiger partial charge in [0.1, 0.15) is 5.03 Å². The summed E-state index contributed by atoms with van der Waals surface area (Å²) in [6.45, 7) is 2.05. The lowest BCUT2D eigenvalue weighted by Gasteiger charge is -2.00. The van der Waals surface area contributed by atoms with E-state index in [9.17, 15) is 0 Å². The molecular weight excluding hydrogens is 342 g/mol. The monoisotopic (exact) mass is 351 g/mol. The summed E-state index contributed by atoms with van der Waals surface area (Å²) in [6.07, 6.45) is 1.82. The molecule has 0 fully saturated rings. The van der Waals surface area contributed by atoms with Gasteiger partial charge in [0, 0.05) is 16.4 Å². The van der Waals surface area contributed by atoms with Gasteiger partial charge in [0.05, 0.1) is 10.2 Å². The van der Waals surface area contributed by atoms with E-state index in [0.717, 1.165) is 29.7 Å². The van der Waals surface area contributed by atoms with E-state index in [-0.39, 0.29) is 0 Å². The average Bonchev–Trinajstić information content (AvgIpc) is 2.75. The molecule has 0 aliphatic heterocycles. The van der Waals surface area contributed by atoms with Crippen LogP contribution < -0.4 is 5.73 Å². The fourth-order valence-corrected chi connectivity index (χ4v) is 3.94. The molecule has 3 rings (SSSR count). The minimum absolute atomic E-state index is 0.769. The number of hydrogen-bond acceptors (Lipinski definition) is 5. The minimum atomic E-state index is 0.769. The fourth-order valence-electron chi connectivity index (χ4n) is 1.62. The van der Waals surface area contributed by atoms with E-state index in [1.165, 1.54) is 5.56 Å². The molecule has 96 valence electrons. The third-order valence-corrected chi connectivity index (χ3v) is 5.45. The standard InChI is InChI=1S/C13H10BrN3S2/c1-7-4-12(16-6-9(7)14)19-13-17-10-3-2-8(15)5-11(10)18-13/h2-6H,15H2,1H3. The molecular formula is C13H10BrN3S2. The van der Waals surface area contributed by atoms with Crippen LogP contribution in [0.4, 0.5) is 5.69 Å². The number of benzene rings is 1. The van der Waals surface area contributed by atoms with Crippen molar-refractivity contribution < 1.29 is 0 Å². The average molecular weight is 352 g/mol. The number of thiazole rings is 1. The summed E-state index contributed by atoms with van der Waals surface area (Å²) in [5.74, 6) is 0. The lowest BCUT2D eigenvalue weighted by atomic mass is 10.3. The molecule has 19 heavy (non-hydrogen) atoms. The molecule has 0 unspecified atom stereocenters. The molecule has 6 heteroatoms. The highest BCUT2D eigenvalue weighted by Crippen LogP contribution is 2.34. The van der Waals surface area contributed by atoms with Crippen LogP contribution in [-0.4, -0.2) is 9.97 Å². The van der Waals surface area contributed by atoms with Gasteiger partial charge < -0.3 is 5.73 Å². The van der Waals surface area contributed by atoms with E-state index < -0.39 is 0 Å². The SMILES string of the molecule is Cc1cc(Sc2nc3ccc(N)cc3s2)ncc1Br. The first-order valence-electron chi connectivity index (χ1n) is 5.58.